The highest BCUT2D eigenvalue weighted by molar-refractivity contribution is 8.00. The summed E-state index contributed by atoms with van der Waals surface area (Å²) in [6.07, 6.45) is 1.54. The summed E-state index contributed by atoms with van der Waals surface area (Å²) in [5.74, 6) is 1.47. The first-order valence-corrected chi connectivity index (χ1v) is 6.21. The SMILES string of the molecule is CC1SCCN(C(=O)c2ccco2)C1C. The van der Waals surface area contributed by atoms with E-state index < -0.39 is 0 Å². The third kappa shape index (κ3) is 2.04. The molecule has 82 valence electrons. The molecule has 0 saturated carbocycles. The predicted molar refractivity (Wildman–Crippen MR) is 61.1 cm³/mol. The van der Waals surface area contributed by atoms with E-state index in [1.165, 1.54) is 0 Å². The van der Waals surface area contributed by atoms with Crippen molar-refractivity contribution in [3.05, 3.63) is 24.2 Å². The number of carbonyl (C=O) groups is 1. The lowest BCUT2D eigenvalue weighted by atomic mass is 10.2. The fourth-order valence-corrected chi connectivity index (χ4v) is 2.86. The zero-order valence-corrected chi connectivity index (χ0v) is 9.79. The molecule has 15 heavy (non-hydrogen) atoms. The number of hydrogen-bond donors (Lipinski definition) is 0. The minimum Gasteiger partial charge on any atom is -0.459 e. The zero-order valence-electron chi connectivity index (χ0n) is 8.97. The Balaban J connectivity index is 2.13. The molecule has 1 aromatic heterocycles. The maximum Gasteiger partial charge on any atom is 0.289 e. The van der Waals surface area contributed by atoms with Crippen molar-refractivity contribution in [1.82, 2.24) is 4.90 Å². The van der Waals surface area contributed by atoms with Gasteiger partial charge in [-0.1, -0.05) is 6.92 Å². The number of thioether (sulfide) groups is 1. The van der Waals surface area contributed by atoms with E-state index in [-0.39, 0.29) is 11.9 Å². The topological polar surface area (TPSA) is 33.5 Å². The van der Waals surface area contributed by atoms with Crippen LogP contribution in [0.3, 0.4) is 0 Å². The fourth-order valence-electron chi connectivity index (χ4n) is 1.76. The van der Waals surface area contributed by atoms with Crippen LogP contribution in [0.15, 0.2) is 22.8 Å². The van der Waals surface area contributed by atoms with Gasteiger partial charge in [0.1, 0.15) is 0 Å². The number of rotatable bonds is 1. The molecule has 1 aromatic rings. The molecule has 0 bridgehead atoms. The van der Waals surface area contributed by atoms with Crippen LogP contribution in [0.5, 0.6) is 0 Å². The van der Waals surface area contributed by atoms with E-state index in [0.29, 0.717) is 11.0 Å². The molecular weight excluding hydrogens is 210 g/mol. The quantitative estimate of drug-likeness (QED) is 0.735. The molecule has 0 spiro atoms. The van der Waals surface area contributed by atoms with Gasteiger partial charge in [-0.15, -0.1) is 0 Å². The smallest absolute Gasteiger partial charge is 0.289 e. The van der Waals surface area contributed by atoms with E-state index in [1.807, 2.05) is 16.7 Å². The first-order chi connectivity index (χ1) is 7.20. The molecule has 2 rings (SSSR count). The summed E-state index contributed by atoms with van der Waals surface area (Å²) < 4.78 is 5.13. The van der Waals surface area contributed by atoms with Crippen LogP contribution in [-0.2, 0) is 0 Å². The summed E-state index contributed by atoms with van der Waals surface area (Å²) in [5, 5.41) is 0.498. The van der Waals surface area contributed by atoms with Crippen molar-refractivity contribution in [2.45, 2.75) is 25.1 Å². The molecule has 1 amide bonds. The lowest BCUT2D eigenvalue weighted by Gasteiger charge is -2.36. The number of furan rings is 1. The number of nitrogens with zero attached hydrogens (tertiary/aromatic N) is 1. The van der Waals surface area contributed by atoms with Gasteiger partial charge < -0.3 is 9.32 Å². The Labute approximate surface area is 93.8 Å². The number of amides is 1. The van der Waals surface area contributed by atoms with Crippen LogP contribution < -0.4 is 0 Å². The maximum absolute atomic E-state index is 12.0. The molecule has 2 heterocycles. The average molecular weight is 225 g/mol. The third-order valence-electron chi connectivity index (χ3n) is 2.88. The maximum atomic E-state index is 12.0. The molecule has 1 aliphatic heterocycles. The van der Waals surface area contributed by atoms with Gasteiger partial charge in [0.05, 0.1) is 6.26 Å². The fraction of sp³-hybridized carbons (Fsp3) is 0.545. The average Bonchev–Trinajstić information content (AvgIpc) is 2.74. The molecule has 0 radical (unpaired) electrons. The molecule has 0 aromatic carbocycles. The van der Waals surface area contributed by atoms with E-state index in [4.69, 9.17) is 4.42 Å². The Morgan fingerprint density at radius 1 is 1.60 bits per heavy atom. The van der Waals surface area contributed by atoms with Crippen molar-refractivity contribution in [3.8, 4) is 0 Å². The van der Waals surface area contributed by atoms with Crippen molar-refractivity contribution < 1.29 is 9.21 Å². The van der Waals surface area contributed by atoms with Gasteiger partial charge in [-0.25, -0.2) is 0 Å². The van der Waals surface area contributed by atoms with Crippen LogP contribution in [0, 0.1) is 0 Å². The van der Waals surface area contributed by atoms with E-state index >= 15 is 0 Å². The van der Waals surface area contributed by atoms with E-state index in [0.717, 1.165) is 12.3 Å². The molecule has 2 unspecified atom stereocenters. The molecule has 3 nitrogen and oxygen atoms in total. The molecule has 1 aliphatic rings. The second-order valence-electron chi connectivity index (χ2n) is 3.79. The van der Waals surface area contributed by atoms with Gasteiger partial charge in [-0.2, -0.15) is 11.8 Å². The van der Waals surface area contributed by atoms with Crippen molar-refractivity contribution in [2.75, 3.05) is 12.3 Å². The second kappa shape index (κ2) is 4.31. The highest BCUT2D eigenvalue weighted by Crippen LogP contribution is 2.25. The predicted octanol–water partition coefficient (Wildman–Crippen LogP) is 2.25. The molecular formula is C11H15NO2S. The van der Waals surface area contributed by atoms with Gasteiger partial charge in [0, 0.05) is 23.6 Å². The summed E-state index contributed by atoms with van der Waals surface area (Å²) >= 11 is 1.92. The van der Waals surface area contributed by atoms with Crippen LogP contribution in [0.25, 0.3) is 0 Å². The molecule has 0 aliphatic carbocycles. The Bertz CT molecular complexity index is 336. The van der Waals surface area contributed by atoms with Crippen LogP contribution in [0.1, 0.15) is 24.4 Å². The Kier molecular flexibility index (Phi) is 3.05. The third-order valence-corrected chi connectivity index (χ3v) is 4.21. The van der Waals surface area contributed by atoms with E-state index in [2.05, 4.69) is 13.8 Å². The lowest BCUT2D eigenvalue weighted by Crippen LogP contribution is -2.47. The second-order valence-corrected chi connectivity index (χ2v) is 5.28. The highest BCUT2D eigenvalue weighted by atomic mass is 32.2. The van der Waals surface area contributed by atoms with Crippen molar-refractivity contribution in [2.24, 2.45) is 0 Å². The van der Waals surface area contributed by atoms with Crippen molar-refractivity contribution in [3.63, 3.8) is 0 Å². The van der Waals surface area contributed by atoms with Gasteiger partial charge in [0.15, 0.2) is 5.76 Å². The minimum atomic E-state index is 0.0136. The Morgan fingerprint density at radius 2 is 2.40 bits per heavy atom. The molecule has 2 atom stereocenters. The van der Waals surface area contributed by atoms with E-state index in [1.54, 1.807) is 18.4 Å². The van der Waals surface area contributed by atoms with Gasteiger partial charge in [-0.05, 0) is 19.1 Å². The molecule has 4 heteroatoms. The summed E-state index contributed by atoms with van der Waals surface area (Å²) in [7, 11) is 0. The first-order valence-electron chi connectivity index (χ1n) is 5.16. The normalized spacial score (nSPS) is 26.7. The van der Waals surface area contributed by atoms with Crippen molar-refractivity contribution in [1.29, 1.82) is 0 Å². The Hall–Kier alpha value is -0.900. The molecule has 0 N–H and O–H groups in total. The zero-order chi connectivity index (χ0) is 10.8. The van der Waals surface area contributed by atoms with E-state index in [9.17, 15) is 4.79 Å². The minimum absolute atomic E-state index is 0.0136. The molecule has 1 saturated heterocycles. The Morgan fingerprint density at radius 3 is 3.07 bits per heavy atom. The van der Waals surface area contributed by atoms with Gasteiger partial charge in [-0.3, -0.25) is 4.79 Å². The number of hydrogen-bond acceptors (Lipinski definition) is 3. The van der Waals surface area contributed by atoms with Gasteiger partial charge in [0.25, 0.3) is 5.91 Å². The van der Waals surface area contributed by atoms with Crippen molar-refractivity contribution >= 4 is 17.7 Å². The molecule has 1 fully saturated rings. The largest absolute Gasteiger partial charge is 0.459 e. The lowest BCUT2D eigenvalue weighted by molar-refractivity contribution is 0.0665. The van der Waals surface area contributed by atoms with Crippen LogP contribution in [0.2, 0.25) is 0 Å². The standard InChI is InChI=1S/C11H15NO2S/c1-8-9(2)15-7-5-12(8)11(13)10-4-3-6-14-10/h3-4,6,8-9H,5,7H2,1-2H3. The number of carbonyl (C=O) groups excluding carboxylic acids is 1. The summed E-state index contributed by atoms with van der Waals surface area (Å²) in [6.45, 7) is 5.07. The van der Waals surface area contributed by atoms with Gasteiger partial charge in [0.2, 0.25) is 0 Å². The highest BCUT2D eigenvalue weighted by Gasteiger charge is 2.30. The summed E-state index contributed by atoms with van der Waals surface area (Å²) in [6, 6.07) is 3.75. The van der Waals surface area contributed by atoms with Crippen LogP contribution in [0.4, 0.5) is 0 Å². The summed E-state index contributed by atoms with van der Waals surface area (Å²) in [5.41, 5.74) is 0. The first kappa shape index (κ1) is 10.6. The van der Waals surface area contributed by atoms with Crippen LogP contribution in [-0.4, -0.2) is 34.4 Å². The van der Waals surface area contributed by atoms with Gasteiger partial charge >= 0.3 is 0 Å². The summed E-state index contributed by atoms with van der Waals surface area (Å²) in [4.78, 5) is 13.9. The van der Waals surface area contributed by atoms with Crippen LogP contribution >= 0.6 is 11.8 Å². The monoisotopic (exact) mass is 225 g/mol.